The van der Waals surface area contributed by atoms with Gasteiger partial charge in [0, 0.05) is 24.8 Å². The highest BCUT2D eigenvalue weighted by Gasteiger charge is 2.16. The minimum atomic E-state index is 0.240. The molecular weight excluding hydrogens is 250 g/mol. The lowest BCUT2D eigenvalue weighted by atomic mass is 10.1. The summed E-state index contributed by atoms with van der Waals surface area (Å²) >= 11 is 0. The number of rotatable bonds is 2. The Bertz CT molecular complexity index is 668. The molecule has 3 rings (SSSR count). The number of nitrogens with zero attached hydrogens (tertiary/aromatic N) is 4. The van der Waals surface area contributed by atoms with Gasteiger partial charge in [-0.25, -0.2) is 9.97 Å². The van der Waals surface area contributed by atoms with Gasteiger partial charge in [-0.1, -0.05) is 6.07 Å². The molecule has 20 heavy (non-hydrogen) atoms. The van der Waals surface area contributed by atoms with E-state index in [1.165, 1.54) is 12.8 Å². The molecule has 1 aromatic heterocycles. The van der Waals surface area contributed by atoms with Crippen LogP contribution in [-0.4, -0.2) is 23.1 Å². The largest absolute Gasteiger partial charge is 0.370 e. The first-order valence-corrected chi connectivity index (χ1v) is 6.66. The number of anilines is 2. The third-order valence-electron chi connectivity index (χ3n) is 3.53. The second-order valence-corrected chi connectivity index (χ2v) is 4.84. The van der Waals surface area contributed by atoms with E-state index in [0.29, 0.717) is 5.56 Å². The maximum absolute atomic E-state index is 9.37. The number of hydrogen-bond donors (Lipinski definition) is 1. The smallest absolute Gasteiger partial charge is 0.220 e. The van der Waals surface area contributed by atoms with Crippen LogP contribution in [0.2, 0.25) is 0 Å². The van der Waals surface area contributed by atoms with Gasteiger partial charge < -0.3 is 10.6 Å². The summed E-state index contributed by atoms with van der Waals surface area (Å²) in [5.74, 6) is 0.240. The zero-order chi connectivity index (χ0) is 13.9. The summed E-state index contributed by atoms with van der Waals surface area (Å²) in [4.78, 5) is 10.3. The minimum absolute atomic E-state index is 0.240. The number of benzene rings is 1. The van der Waals surface area contributed by atoms with Crippen LogP contribution >= 0.6 is 0 Å². The second-order valence-electron chi connectivity index (χ2n) is 4.84. The van der Waals surface area contributed by atoms with E-state index >= 15 is 0 Å². The van der Waals surface area contributed by atoms with Crippen LogP contribution in [0, 0.1) is 11.3 Å². The molecule has 2 heterocycles. The van der Waals surface area contributed by atoms with Crippen molar-refractivity contribution in [3.63, 3.8) is 0 Å². The summed E-state index contributed by atoms with van der Waals surface area (Å²) in [6.07, 6.45) is 4.00. The molecule has 0 unspecified atom stereocenters. The Labute approximate surface area is 117 Å². The molecule has 5 nitrogen and oxygen atoms in total. The van der Waals surface area contributed by atoms with Crippen molar-refractivity contribution >= 4 is 11.6 Å². The van der Waals surface area contributed by atoms with E-state index < -0.39 is 0 Å². The van der Waals surface area contributed by atoms with Crippen molar-refractivity contribution in [2.75, 3.05) is 23.7 Å². The number of nitriles is 1. The Balaban J connectivity index is 2.01. The van der Waals surface area contributed by atoms with Gasteiger partial charge in [0.05, 0.1) is 16.9 Å². The Morgan fingerprint density at radius 3 is 2.70 bits per heavy atom. The van der Waals surface area contributed by atoms with Crippen molar-refractivity contribution in [3.8, 4) is 17.3 Å². The summed E-state index contributed by atoms with van der Waals surface area (Å²) in [6, 6.07) is 9.93. The molecule has 100 valence electrons. The molecule has 1 fully saturated rings. The molecule has 1 aliphatic rings. The zero-order valence-electron chi connectivity index (χ0n) is 11.1. The van der Waals surface area contributed by atoms with Crippen LogP contribution in [0.1, 0.15) is 18.4 Å². The fourth-order valence-electron chi connectivity index (χ4n) is 2.55. The monoisotopic (exact) mass is 265 g/mol. The van der Waals surface area contributed by atoms with Gasteiger partial charge in [0.25, 0.3) is 0 Å². The second kappa shape index (κ2) is 5.17. The molecule has 0 atom stereocenters. The molecule has 2 N–H and O–H groups in total. The summed E-state index contributed by atoms with van der Waals surface area (Å²) < 4.78 is 0. The summed E-state index contributed by atoms with van der Waals surface area (Å²) in [5.41, 5.74) is 8.92. The van der Waals surface area contributed by atoms with E-state index in [1.807, 2.05) is 18.2 Å². The first-order valence-electron chi connectivity index (χ1n) is 6.66. The average molecular weight is 265 g/mol. The van der Waals surface area contributed by atoms with Crippen LogP contribution in [0.25, 0.3) is 11.3 Å². The maximum atomic E-state index is 9.37. The van der Waals surface area contributed by atoms with Gasteiger partial charge in [-0.15, -0.1) is 0 Å². The highest BCUT2D eigenvalue weighted by Crippen LogP contribution is 2.28. The molecule has 1 aliphatic heterocycles. The Hall–Kier alpha value is -2.61. The normalized spacial score (nSPS) is 14.2. The molecule has 0 radical (unpaired) electrons. The summed E-state index contributed by atoms with van der Waals surface area (Å²) in [7, 11) is 0. The van der Waals surface area contributed by atoms with E-state index in [2.05, 4.69) is 20.9 Å². The first-order chi connectivity index (χ1) is 9.78. The van der Waals surface area contributed by atoms with E-state index in [4.69, 9.17) is 5.73 Å². The molecule has 1 saturated heterocycles. The van der Waals surface area contributed by atoms with Crippen LogP contribution in [-0.2, 0) is 0 Å². The van der Waals surface area contributed by atoms with Crippen LogP contribution in [0.3, 0.4) is 0 Å². The fraction of sp³-hybridized carbons (Fsp3) is 0.267. The minimum Gasteiger partial charge on any atom is -0.370 e. The van der Waals surface area contributed by atoms with Gasteiger partial charge in [-0.3, -0.25) is 0 Å². The van der Waals surface area contributed by atoms with Crippen molar-refractivity contribution in [1.29, 1.82) is 5.26 Å². The third kappa shape index (κ3) is 2.28. The van der Waals surface area contributed by atoms with Crippen molar-refractivity contribution in [2.24, 2.45) is 0 Å². The van der Waals surface area contributed by atoms with Crippen molar-refractivity contribution < 1.29 is 0 Å². The topological polar surface area (TPSA) is 78.8 Å². The molecule has 0 saturated carbocycles. The quantitative estimate of drug-likeness (QED) is 0.900. The molecule has 0 amide bonds. The zero-order valence-corrected chi connectivity index (χ0v) is 11.1. The Morgan fingerprint density at radius 2 is 2.00 bits per heavy atom. The highest BCUT2D eigenvalue weighted by molar-refractivity contribution is 5.70. The van der Waals surface area contributed by atoms with E-state index in [9.17, 15) is 5.26 Å². The molecule has 0 bridgehead atoms. The van der Waals surface area contributed by atoms with Crippen LogP contribution < -0.4 is 10.6 Å². The highest BCUT2D eigenvalue weighted by atomic mass is 15.1. The van der Waals surface area contributed by atoms with Gasteiger partial charge in [0.15, 0.2) is 0 Å². The molecule has 2 aromatic rings. The number of hydrogen-bond acceptors (Lipinski definition) is 5. The predicted octanol–water partition coefficient (Wildman–Crippen LogP) is 2.20. The first kappa shape index (κ1) is 12.4. The average Bonchev–Trinajstić information content (AvgIpc) is 3.00. The van der Waals surface area contributed by atoms with Crippen LogP contribution in [0.15, 0.2) is 30.5 Å². The fourth-order valence-corrected chi connectivity index (χ4v) is 2.55. The number of nitrogen functional groups attached to an aromatic ring is 1. The van der Waals surface area contributed by atoms with Crippen LogP contribution in [0.4, 0.5) is 11.6 Å². The number of aromatic nitrogens is 2. The van der Waals surface area contributed by atoms with Gasteiger partial charge in [0.1, 0.15) is 6.07 Å². The van der Waals surface area contributed by atoms with Gasteiger partial charge in [0.2, 0.25) is 5.95 Å². The van der Waals surface area contributed by atoms with E-state index in [0.717, 1.165) is 30.0 Å². The Morgan fingerprint density at radius 1 is 1.20 bits per heavy atom. The Kier molecular flexibility index (Phi) is 3.21. The lowest BCUT2D eigenvalue weighted by Gasteiger charge is -2.19. The lowest BCUT2D eigenvalue weighted by Crippen LogP contribution is -2.18. The van der Waals surface area contributed by atoms with Crippen molar-refractivity contribution in [3.05, 3.63) is 36.0 Å². The van der Waals surface area contributed by atoms with Crippen molar-refractivity contribution in [1.82, 2.24) is 9.97 Å². The number of nitrogens with two attached hydrogens (primary N) is 1. The lowest BCUT2D eigenvalue weighted by molar-refractivity contribution is 0.949. The SMILES string of the molecule is N#Cc1cc(-c2ccnc(N)n2)ccc1N1CCCC1. The van der Waals surface area contributed by atoms with Crippen LogP contribution in [0.5, 0.6) is 0 Å². The maximum Gasteiger partial charge on any atom is 0.220 e. The van der Waals surface area contributed by atoms with Gasteiger partial charge >= 0.3 is 0 Å². The van der Waals surface area contributed by atoms with Crippen molar-refractivity contribution in [2.45, 2.75) is 12.8 Å². The third-order valence-corrected chi connectivity index (χ3v) is 3.53. The molecule has 0 spiro atoms. The van der Waals surface area contributed by atoms with E-state index in [1.54, 1.807) is 12.3 Å². The predicted molar refractivity (Wildman–Crippen MR) is 78.0 cm³/mol. The molecule has 1 aromatic carbocycles. The molecular formula is C15H15N5. The van der Waals surface area contributed by atoms with E-state index in [-0.39, 0.29) is 5.95 Å². The standard InChI is InChI=1S/C15H15N5/c16-10-12-9-11(13-5-6-18-15(17)19-13)3-4-14(12)20-7-1-2-8-20/h3-6,9H,1-2,7-8H2,(H2,17,18,19). The molecule has 5 heteroatoms. The summed E-state index contributed by atoms with van der Waals surface area (Å²) in [5, 5.41) is 9.37. The van der Waals surface area contributed by atoms with Gasteiger partial charge in [-0.2, -0.15) is 5.26 Å². The summed E-state index contributed by atoms with van der Waals surface area (Å²) in [6.45, 7) is 2.04. The van der Waals surface area contributed by atoms with Gasteiger partial charge in [-0.05, 0) is 31.0 Å². The molecule has 0 aliphatic carbocycles.